The number of H-pyrrole nitrogens is 2. The van der Waals surface area contributed by atoms with Crippen LogP contribution in [0.3, 0.4) is 0 Å². The van der Waals surface area contributed by atoms with Crippen molar-refractivity contribution >= 4 is 79.3 Å². The molecule has 2 N–H and O–H groups in total. The fourth-order valence-electron chi connectivity index (χ4n) is 10.6. The van der Waals surface area contributed by atoms with Crippen LogP contribution in [-0.4, -0.2) is 124 Å². The Bertz CT molecular complexity index is 4290. The minimum atomic E-state index is 0. The van der Waals surface area contributed by atoms with Crippen molar-refractivity contribution in [2.24, 2.45) is 0 Å². The Morgan fingerprint density at radius 2 is 0.558 bits per heavy atom. The SMILES string of the molecule is C[N+](C)(C)c1ccc(Oc2cccc3c2-c2nc-3nc3[nH]c(nc4nc(nc5[nH]c(n2)c2cccc(Oc6ccc([N+](C)(C)C)cc6)c52)-c2cccc(Oc5ccc([N+](C)(C)C)cc5)c2-4)c2cccc(Oc4ccc([N+](C)(C)C)cc4)c32)cc1.Cl.[Zn+2]. The van der Waals surface area contributed by atoms with Gasteiger partial charge in [0.1, 0.15) is 91.3 Å². The molecule has 11 aromatic rings. The maximum absolute atomic E-state index is 6.83. The first-order valence-corrected chi connectivity index (χ1v) is 27.8. The molecule has 0 radical (unpaired) electrons. The van der Waals surface area contributed by atoms with Gasteiger partial charge in [0.05, 0.1) is 106 Å². The van der Waals surface area contributed by atoms with Crippen LogP contribution in [-0.2, 0) is 19.5 Å². The summed E-state index contributed by atoms with van der Waals surface area (Å²) in [4.78, 5) is 39.7. The van der Waals surface area contributed by atoms with Gasteiger partial charge in [-0.25, -0.2) is 29.9 Å². The van der Waals surface area contributed by atoms with Crippen molar-refractivity contribution in [2.45, 2.75) is 0 Å². The fraction of sp³-hybridized carbons (Fsp3) is 0.176. The van der Waals surface area contributed by atoms with Crippen LogP contribution >= 0.6 is 12.4 Å². The largest absolute Gasteiger partial charge is 2.00 e. The van der Waals surface area contributed by atoms with E-state index in [9.17, 15) is 0 Å². The van der Waals surface area contributed by atoms with E-state index >= 15 is 0 Å². The van der Waals surface area contributed by atoms with Gasteiger partial charge in [0.25, 0.3) is 0 Å². The number of aromatic nitrogens is 8. The summed E-state index contributed by atoms with van der Waals surface area (Å²) in [6, 6.07) is 56.1. The molecule has 86 heavy (non-hydrogen) atoms. The van der Waals surface area contributed by atoms with Crippen LogP contribution in [0.2, 0.25) is 0 Å². The maximum Gasteiger partial charge on any atom is 2.00 e. The maximum atomic E-state index is 6.83. The summed E-state index contributed by atoms with van der Waals surface area (Å²) in [5, 5.41) is 2.84. The molecule has 0 atom stereocenters. The first-order chi connectivity index (χ1) is 40.1. The van der Waals surface area contributed by atoms with Gasteiger partial charge in [0.15, 0.2) is 23.3 Å². The Labute approximate surface area is 518 Å². The van der Waals surface area contributed by atoms with Gasteiger partial charge in [-0.05, 0) is 72.8 Å². The van der Waals surface area contributed by atoms with Gasteiger partial charge in [-0.3, -0.25) is 17.9 Å². The average Bonchev–Trinajstić information content (AvgIpc) is 1.99. The normalized spacial score (nSPS) is 12.2. The number of fused-ring (bicyclic) bond motifs is 20. The Hall–Kier alpha value is -8.93. The van der Waals surface area contributed by atoms with Crippen LogP contribution in [0.1, 0.15) is 0 Å². The van der Waals surface area contributed by atoms with E-state index in [-0.39, 0.29) is 31.9 Å². The average molecular weight is 1220 g/mol. The molecule has 8 bridgehead atoms. The van der Waals surface area contributed by atoms with Crippen LogP contribution in [0.25, 0.3) is 89.7 Å². The molecule has 18 heteroatoms. The van der Waals surface area contributed by atoms with Crippen molar-refractivity contribution in [1.82, 2.24) is 57.8 Å². The summed E-state index contributed by atoms with van der Waals surface area (Å²) in [5.74, 6) is 6.39. The summed E-state index contributed by atoms with van der Waals surface area (Å²) in [6.45, 7) is 0. The third-order valence-electron chi connectivity index (χ3n) is 15.1. The van der Waals surface area contributed by atoms with E-state index in [1.165, 1.54) is 0 Å². The predicted molar refractivity (Wildman–Crippen MR) is 348 cm³/mol. The van der Waals surface area contributed by atoms with Crippen molar-refractivity contribution < 1.29 is 38.4 Å². The second kappa shape index (κ2) is 22.2. The number of halogens is 1. The van der Waals surface area contributed by atoms with E-state index < -0.39 is 0 Å². The molecule has 0 saturated carbocycles. The van der Waals surface area contributed by atoms with E-state index in [1.54, 1.807) is 0 Å². The summed E-state index contributed by atoms with van der Waals surface area (Å²) in [7, 11) is 25.6. The molecular formula is C68H67ClN12O4Zn+6. The number of rotatable bonds is 12. The molecule has 8 aromatic carbocycles. The van der Waals surface area contributed by atoms with Gasteiger partial charge in [-0.2, -0.15) is 0 Å². The van der Waals surface area contributed by atoms with Gasteiger partial charge in [-0.15, -0.1) is 12.4 Å². The minimum absolute atomic E-state index is 0. The molecule has 5 heterocycles. The third-order valence-corrected chi connectivity index (χ3v) is 15.1. The first-order valence-electron chi connectivity index (χ1n) is 27.8. The molecule has 16 nitrogen and oxygen atoms in total. The van der Waals surface area contributed by atoms with Crippen molar-refractivity contribution in [3.63, 3.8) is 0 Å². The van der Waals surface area contributed by atoms with Gasteiger partial charge in [0, 0.05) is 70.4 Å². The van der Waals surface area contributed by atoms with Gasteiger partial charge in [-0.1, -0.05) is 48.5 Å². The minimum Gasteiger partial charge on any atom is -0.457 e. The van der Waals surface area contributed by atoms with Crippen molar-refractivity contribution in [3.05, 3.63) is 170 Å². The molecule has 13 rings (SSSR count). The smallest absolute Gasteiger partial charge is 0.457 e. The monoisotopic (exact) mass is 1210 g/mol. The summed E-state index contributed by atoms with van der Waals surface area (Å²) < 4.78 is 29.9. The Balaban J connectivity index is 0.00000384. The molecule has 0 unspecified atom stereocenters. The zero-order valence-electron chi connectivity index (χ0n) is 50.4. The quantitative estimate of drug-likeness (QED) is 0.0895. The summed E-state index contributed by atoms with van der Waals surface area (Å²) >= 11 is 0. The zero-order valence-corrected chi connectivity index (χ0v) is 54.2. The van der Waals surface area contributed by atoms with Gasteiger partial charge < -0.3 is 28.9 Å². The Morgan fingerprint density at radius 3 is 0.860 bits per heavy atom. The number of benzene rings is 8. The molecular weight excluding hydrogens is 1150 g/mol. The van der Waals surface area contributed by atoms with Crippen LogP contribution in [0.15, 0.2) is 170 Å². The van der Waals surface area contributed by atoms with Crippen molar-refractivity contribution in [2.75, 3.05) is 84.6 Å². The van der Waals surface area contributed by atoms with Crippen LogP contribution in [0.4, 0.5) is 22.7 Å². The van der Waals surface area contributed by atoms with Gasteiger partial charge in [0.2, 0.25) is 0 Å². The summed E-state index contributed by atoms with van der Waals surface area (Å²) in [6.07, 6.45) is 0. The first kappa shape index (κ1) is 58.8. The molecule has 2 aliphatic heterocycles. The Morgan fingerprint density at radius 1 is 0.291 bits per heavy atom. The second-order valence-electron chi connectivity index (χ2n) is 24.8. The standard InChI is InChI=1S/C68H66N12O4.ClH.Zn/c1-77(2,3)41-25-33-45(34-26-41)81-53-21-13-17-49-57(53)65-69-61(49)74-66-59-51(19-15-23-55(59)83-47-37-29-43(30-38-47)79(7,8)9)63(71-66)76-68-60-52(20-16-24-56(60)84-48-39-31-44(32-40-48)80(10,11)12)64(72-68)75-67-58-50(62(70-67)73-65)18-14-22-54(58)82-46-35-27-42(28-36-46)78(4,5)6;;/h13-40H,1-12H3,(H2,69,70,71,72,73,74,75,76);1H;/q+4;;+2. The molecule has 3 aromatic heterocycles. The van der Waals surface area contributed by atoms with Gasteiger partial charge >= 0.3 is 19.5 Å². The molecule has 2 aliphatic rings. The van der Waals surface area contributed by atoms with E-state index in [1.807, 2.05) is 121 Å². The number of ether oxygens (including phenoxy) is 4. The molecule has 0 saturated heterocycles. The number of aromatic amines is 2. The fourth-order valence-corrected chi connectivity index (χ4v) is 10.6. The summed E-state index contributed by atoms with van der Waals surface area (Å²) in [5.41, 5.74) is 9.14. The van der Waals surface area contributed by atoms with Crippen molar-refractivity contribution in [1.29, 1.82) is 0 Å². The van der Waals surface area contributed by atoms with E-state index in [0.717, 1.165) is 33.5 Å². The number of hydrogen-bond acceptors (Lipinski definition) is 10. The van der Waals surface area contributed by atoms with E-state index in [0.29, 0.717) is 143 Å². The molecule has 0 amide bonds. The molecule has 0 aliphatic carbocycles. The second-order valence-corrected chi connectivity index (χ2v) is 24.8. The van der Waals surface area contributed by atoms with E-state index in [4.69, 9.17) is 48.9 Å². The van der Waals surface area contributed by atoms with Crippen LogP contribution < -0.4 is 36.9 Å². The van der Waals surface area contributed by atoms with Crippen LogP contribution in [0.5, 0.6) is 46.0 Å². The molecule has 0 fully saturated rings. The number of nitrogens with zero attached hydrogens (tertiary/aromatic N) is 10. The number of hydrogen-bond donors (Lipinski definition) is 2. The topological polar surface area (TPSA) is 146 Å². The number of quaternary nitrogens is 4. The molecule has 0 spiro atoms. The molecule has 426 valence electrons. The number of nitrogens with one attached hydrogen (secondary N) is 2. The van der Waals surface area contributed by atoms with E-state index in [2.05, 4.69) is 143 Å². The van der Waals surface area contributed by atoms with Crippen molar-refractivity contribution in [3.8, 4) is 91.5 Å². The third kappa shape index (κ3) is 11.3. The zero-order chi connectivity index (χ0) is 58.5. The Kier molecular flexibility index (Phi) is 15.2. The predicted octanol–water partition coefficient (Wildman–Crippen LogP) is 15.2. The van der Waals surface area contributed by atoms with Crippen LogP contribution in [0, 0.1) is 0 Å².